The summed E-state index contributed by atoms with van der Waals surface area (Å²) in [6.45, 7) is 16.3. The molecule has 1 rings (SSSR count). The van der Waals surface area contributed by atoms with Crippen molar-refractivity contribution in [3.8, 4) is 11.5 Å². The number of hydrogen-bond donors (Lipinski definition) is 1. The lowest BCUT2D eigenvalue weighted by atomic mass is 10.1. The molecule has 12 heteroatoms. The maximum absolute atomic E-state index is 12.5. The average molecular weight is 584 g/mol. The molecule has 0 amide bonds. The van der Waals surface area contributed by atoms with Crippen LogP contribution in [-0.4, -0.2) is 62.0 Å². The van der Waals surface area contributed by atoms with E-state index in [1.165, 1.54) is 12.1 Å². The summed E-state index contributed by atoms with van der Waals surface area (Å²) in [6, 6.07) is 3.24. The lowest BCUT2D eigenvalue weighted by molar-refractivity contribution is -0.148. The van der Waals surface area contributed by atoms with Crippen LogP contribution in [-0.2, 0) is 34.9 Å². The molecule has 0 aromatic heterocycles. The molecule has 0 bridgehead atoms. The molecule has 0 saturated heterocycles. The number of esters is 1. The number of benzene rings is 1. The van der Waals surface area contributed by atoms with Crippen LogP contribution >= 0.6 is 0 Å². The quantitative estimate of drug-likeness (QED) is 0.169. The van der Waals surface area contributed by atoms with E-state index in [9.17, 15) is 19.2 Å². The minimum absolute atomic E-state index is 0.00653. The zero-order chi connectivity index (χ0) is 31.3. The van der Waals surface area contributed by atoms with Crippen molar-refractivity contribution in [3.05, 3.63) is 23.8 Å². The zero-order valence-electron chi connectivity index (χ0n) is 25.5. The molecular weight excluding hydrogens is 538 g/mol. The Morgan fingerprint density at radius 2 is 1.22 bits per heavy atom. The van der Waals surface area contributed by atoms with E-state index < -0.39 is 48.8 Å². The third-order valence-corrected chi connectivity index (χ3v) is 5.89. The Balaban J connectivity index is 2.90. The van der Waals surface area contributed by atoms with Gasteiger partial charge in [-0.3, -0.25) is 4.79 Å². The van der Waals surface area contributed by atoms with Crippen molar-refractivity contribution in [2.75, 3.05) is 13.2 Å². The highest BCUT2D eigenvalue weighted by atomic mass is 16.8. The second-order valence-corrected chi connectivity index (χ2v) is 10.9. The highest BCUT2D eigenvalue weighted by molar-refractivity contribution is 5.76. The lowest BCUT2D eigenvalue weighted by Crippen LogP contribution is -2.36. The minimum atomic E-state index is -1.10. The fourth-order valence-electron chi connectivity index (χ4n) is 2.76. The topological polar surface area (TPSA) is 159 Å². The van der Waals surface area contributed by atoms with Crippen molar-refractivity contribution in [2.24, 2.45) is 23.5 Å². The monoisotopic (exact) mass is 583 g/mol. The molecule has 0 radical (unpaired) electrons. The van der Waals surface area contributed by atoms with Gasteiger partial charge in [-0.2, -0.15) is 0 Å². The SMILES string of the molecule is CC(C)COC(=O)O[C@@H](C)COC(=O)[C@@H](N)Cc1ccc(OC(=O)OC(C)C(C)C)c(OC(=O)OC(C)C(C)C)c1. The van der Waals surface area contributed by atoms with E-state index in [-0.39, 0.29) is 48.9 Å². The number of carbonyl (C=O) groups is 4. The van der Waals surface area contributed by atoms with Crippen LogP contribution in [0.1, 0.15) is 67.9 Å². The summed E-state index contributed by atoms with van der Waals surface area (Å²) in [5, 5.41) is 0. The van der Waals surface area contributed by atoms with E-state index in [0.29, 0.717) is 5.56 Å². The normalized spacial score (nSPS) is 14.1. The van der Waals surface area contributed by atoms with Crippen molar-refractivity contribution in [3.63, 3.8) is 0 Å². The van der Waals surface area contributed by atoms with Gasteiger partial charge in [0.2, 0.25) is 0 Å². The first-order valence-electron chi connectivity index (χ1n) is 13.7. The molecule has 4 atom stereocenters. The lowest BCUT2D eigenvalue weighted by Gasteiger charge is -2.19. The van der Waals surface area contributed by atoms with Gasteiger partial charge < -0.3 is 38.9 Å². The van der Waals surface area contributed by atoms with E-state index >= 15 is 0 Å². The molecule has 12 nitrogen and oxygen atoms in total. The first kappa shape index (κ1) is 35.5. The van der Waals surface area contributed by atoms with Gasteiger partial charge in [-0.15, -0.1) is 0 Å². The fraction of sp³-hybridized carbons (Fsp3) is 0.655. The van der Waals surface area contributed by atoms with E-state index in [1.54, 1.807) is 26.8 Å². The molecule has 0 fully saturated rings. The molecular formula is C29H45NO11. The fourth-order valence-corrected chi connectivity index (χ4v) is 2.76. The van der Waals surface area contributed by atoms with Crippen LogP contribution in [0.4, 0.5) is 14.4 Å². The Kier molecular flexibility index (Phi) is 15.0. The predicted octanol–water partition coefficient (Wildman–Crippen LogP) is 5.42. The summed E-state index contributed by atoms with van der Waals surface area (Å²) in [7, 11) is 0. The first-order chi connectivity index (χ1) is 19.1. The van der Waals surface area contributed by atoms with Crippen molar-refractivity contribution < 1.29 is 52.3 Å². The number of ether oxygens (including phenoxy) is 7. The zero-order valence-corrected chi connectivity index (χ0v) is 25.5. The molecule has 0 aliphatic carbocycles. The van der Waals surface area contributed by atoms with Crippen molar-refractivity contribution in [1.82, 2.24) is 0 Å². The van der Waals surface area contributed by atoms with Crippen molar-refractivity contribution >= 4 is 24.4 Å². The van der Waals surface area contributed by atoms with Gasteiger partial charge in [-0.05, 0) is 62.6 Å². The van der Waals surface area contributed by atoms with Gasteiger partial charge in [0, 0.05) is 0 Å². The van der Waals surface area contributed by atoms with Crippen LogP contribution in [0.15, 0.2) is 18.2 Å². The Labute approximate surface area is 242 Å². The van der Waals surface area contributed by atoms with Gasteiger partial charge in [0.05, 0.1) is 6.61 Å². The molecule has 0 saturated carbocycles. The van der Waals surface area contributed by atoms with Gasteiger partial charge in [0.1, 0.15) is 31.0 Å². The summed E-state index contributed by atoms with van der Waals surface area (Å²) in [4.78, 5) is 48.8. The molecule has 2 unspecified atom stereocenters. The second-order valence-electron chi connectivity index (χ2n) is 10.9. The summed E-state index contributed by atoms with van der Waals surface area (Å²) < 4.78 is 36.3. The minimum Gasteiger partial charge on any atom is -0.461 e. The molecule has 0 heterocycles. The van der Waals surface area contributed by atoms with E-state index in [0.717, 1.165) is 0 Å². The highest BCUT2D eigenvalue weighted by Gasteiger charge is 2.23. The predicted molar refractivity (Wildman–Crippen MR) is 149 cm³/mol. The molecule has 0 aliphatic heterocycles. The Hall–Kier alpha value is -3.54. The molecule has 2 N–H and O–H groups in total. The van der Waals surface area contributed by atoms with Crippen molar-refractivity contribution in [2.45, 2.75) is 93.1 Å². The number of nitrogens with two attached hydrogens (primary N) is 1. The summed E-state index contributed by atoms with van der Waals surface area (Å²) in [6.07, 6.45) is -4.43. The molecule has 1 aromatic rings. The summed E-state index contributed by atoms with van der Waals surface area (Å²) in [5.41, 5.74) is 6.50. The van der Waals surface area contributed by atoms with Crippen LogP contribution in [0.2, 0.25) is 0 Å². The number of carbonyl (C=O) groups excluding carboxylic acids is 4. The standard InChI is InChI=1S/C29H45NO11/c1-16(2)14-36-27(32)37-19(7)15-35-26(31)23(30)12-22-10-11-24(40-28(33)38-20(8)17(3)4)25(13-22)41-29(34)39-21(9)18(5)6/h10-11,13,16-21,23H,12,14-15,30H2,1-9H3/t19-,20?,21?,23-/m0/s1. The largest absolute Gasteiger partial charge is 0.514 e. The third-order valence-electron chi connectivity index (χ3n) is 5.89. The Morgan fingerprint density at radius 1 is 0.683 bits per heavy atom. The van der Waals surface area contributed by atoms with Gasteiger partial charge in [0.15, 0.2) is 11.5 Å². The molecule has 232 valence electrons. The first-order valence-corrected chi connectivity index (χ1v) is 13.7. The van der Waals surface area contributed by atoms with E-state index in [1.807, 2.05) is 41.5 Å². The van der Waals surface area contributed by atoms with Gasteiger partial charge >= 0.3 is 24.4 Å². The van der Waals surface area contributed by atoms with Crippen LogP contribution < -0.4 is 15.2 Å². The van der Waals surface area contributed by atoms with Crippen LogP contribution in [0.3, 0.4) is 0 Å². The van der Waals surface area contributed by atoms with Crippen molar-refractivity contribution in [1.29, 1.82) is 0 Å². The number of hydrogen-bond acceptors (Lipinski definition) is 12. The molecule has 1 aromatic carbocycles. The molecule has 0 aliphatic rings. The van der Waals surface area contributed by atoms with Crippen LogP contribution in [0, 0.1) is 17.8 Å². The van der Waals surface area contributed by atoms with E-state index in [2.05, 4.69) is 0 Å². The van der Waals surface area contributed by atoms with Gasteiger partial charge in [-0.1, -0.05) is 47.6 Å². The number of rotatable bonds is 14. The molecule has 41 heavy (non-hydrogen) atoms. The van der Waals surface area contributed by atoms with E-state index in [4.69, 9.17) is 38.9 Å². The van der Waals surface area contributed by atoms with Crippen LogP contribution in [0.5, 0.6) is 11.5 Å². The maximum Gasteiger partial charge on any atom is 0.514 e. The van der Waals surface area contributed by atoms with Gasteiger partial charge in [0.25, 0.3) is 0 Å². The summed E-state index contributed by atoms with van der Waals surface area (Å²) in [5.74, 6) is -0.704. The maximum atomic E-state index is 12.5. The molecule has 0 spiro atoms. The Bertz CT molecular complexity index is 1010. The third kappa shape index (κ3) is 14.1. The summed E-state index contributed by atoms with van der Waals surface area (Å²) >= 11 is 0. The Morgan fingerprint density at radius 3 is 1.73 bits per heavy atom. The smallest absolute Gasteiger partial charge is 0.461 e. The second kappa shape index (κ2) is 17.3. The van der Waals surface area contributed by atoms with Gasteiger partial charge in [-0.25, -0.2) is 14.4 Å². The average Bonchev–Trinajstić information content (AvgIpc) is 2.87. The van der Waals surface area contributed by atoms with Crippen LogP contribution in [0.25, 0.3) is 0 Å². The highest BCUT2D eigenvalue weighted by Crippen LogP contribution is 2.30.